The zero-order chi connectivity index (χ0) is 14.6. The first-order valence-electron chi connectivity index (χ1n) is 8.00. The van der Waals surface area contributed by atoms with Crippen LogP contribution in [0.5, 0.6) is 5.75 Å². The predicted molar refractivity (Wildman–Crippen MR) is 82.2 cm³/mol. The van der Waals surface area contributed by atoms with Crippen molar-refractivity contribution in [2.24, 2.45) is 0 Å². The number of nitrogens with zero attached hydrogens (tertiary/aromatic N) is 4. The minimum Gasteiger partial charge on any atom is -0.483 e. The Hall–Kier alpha value is -1.78. The molecule has 2 aromatic heterocycles. The number of likely N-dealkylation sites (N-methyl/N-ethyl adjacent to an activating group) is 1. The first-order chi connectivity index (χ1) is 10.2. The van der Waals surface area contributed by atoms with Gasteiger partial charge in [-0.2, -0.15) is 5.10 Å². The number of ether oxygens (including phenoxy) is 1. The molecule has 1 saturated carbocycles. The summed E-state index contributed by atoms with van der Waals surface area (Å²) in [5.41, 5.74) is 2.16. The lowest BCUT2D eigenvalue weighted by Crippen LogP contribution is -2.47. The largest absolute Gasteiger partial charge is 0.483 e. The van der Waals surface area contributed by atoms with Crippen molar-refractivity contribution >= 4 is 11.5 Å². The summed E-state index contributed by atoms with van der Waals surface area (Å²) in [5.74, 6) is 2.30. The fourth-order valence-corrected chi connectivity index (χ4v) is 3.70. The van der Waals surface area contributed by atoms with E-state index < -0.39 is 0 Å². The second-order valence-corrected chi connectivity index (χ2v) is 6.39. The van der Waals surface area contributed by atoms with Gasteiger partial charge in [-0.25, -0.2) is 9.50 Å². The molecular formula is C16H22N4O. The molecular weight excluding hydrogens is 264 g/mol. The van der Waals surface area contributed by atoms with E-state index in [1.165, 1.54) is 18.4 Å². The van der Waals surface area contributed by atoms with Crippen LogP contribution in [0.2, 0.25) is 0 Å². The smallest absolute Gasteiger partial charge is 0.180 e. The maximum absolute atomic E-state index is 6.20. The van der Waals surface area contributed by atoms with Crippen LogP contribution >= 0.6 is 0 Å². The molecule has 21 heavy (non-hydrogen) atoms. The molecule has 1 aliphatic heterocycles. The molecule has 0 N–H and O–H groups in total. The zero-order valence-electron chi connectivity index (χ0n) is 12.9. The first kappa shape index (κ1) is 12.9. The molecule has 0 radical (unpaired) electrons. The van der Waals surface area contributed by atoms with Crippen molar-refractivity contribution in [1.29, 1.82) is 0 Å². The highest BCUT2D eigenvalue weighted by Crippen LogP contribution is 2.41. The number of anilines is 1. The van der Waals surface area contributed by atoms with Crippen LogP contribution in [0.3, 0.4) is 0 Å². The van der Waals surface area contributed by atoms with Gasteiger partial charge < -0.3 is 9.64 Å². The molecule has 0 spiro atoms. The van der Waals surface area contributed by atoms with Gasteiger partial charge in [0.15, 0.2) is 17.2 Å². The Bertz CT molecular complexity index is 678. The van der Waals surface area contributed by atoms with Gasteiger partial charge >= 0.3 is 0 Å². The van der Waals surface area contributed by atoms with E-state index in [1.54, 1.807) is 0 Å². The summed E-state index contributed by atoms with van der Waals surface area (Å²) in [6.07, 6.45) is 7.84. The second kappa shape index (κ2) is 4.61. The lowest BCUT2D eigenvalue weighted by molar-refractivity contribution is 0.170. The van der Waals surface area contributed by atoms with Gasteiger partial charge in [0.2, 0.25) is 0 Å². The van der Waals surface area contributed by atoms with Gasteiger partial charge in [-0.3, -0.25) is 0 Å². The van der Waals surface area contributed by atoms with Gasteiger partial charge in [0.1, 0.15) is 6.10 Å². The number of rotatable bonds is 2. The lowest BCUT2D eigenvalue weighted by Gasteiger charge is -2.38. The van der Waals surface area contributed by atoms with E-state index in [9.17, 15) is 0 Å². The van der Waals surface area contributed by atoms with Crippen LogP contribution in [0.25, 0.3) is 5.65 Å². The molecule has 0 unspecified atom stereocenters. The van der Waals surface area contributed by atoms with E-state index in [0.717, 1.165) is 30.2 Å². The molecule has 2 aliphatic rings. The molecule has 112 valence electrons. The molecule has 1 aliphatic carbocycles. The van der Waals surface area contributed by atoms with Gasteiger partial charge in [-0.1, -0.05) is 13.8 Å². The van der Waals surface area contributed by atoms with Gasteiger partial charge in [0.05, 0.1) is 18.4 Å². The molecule has 5 nitrogen and oxygen atoms in total. The van der Waals surface area contributed by atoms with Crippen LogP contribution in [0, 0.1) is 0 Å². The van der Waals surface area contributed by atoms with E-state index in [-0.39, 0.29) is 0 Å². The number of fused-ring (bicyclic) bond motifs is 3. The van der Waals surface area contributed by atoms with Crippen molar-refractivity contribution in [2.75, 3.05) is 11.4 Å². The summed E-state index contributed by atoms with van der Waals surface area (Å²) < 4.78 is 8.06. The molecule has 4 rings (SSSR count). The molecule has 0 saturated heterocycles. The van der Waals surface area contributed by atoms with E-state index in [0.29, 0.717) is 18.1 Å². The Balaban J connectivity index is 1.88. The maximum atomic E-state index is 6.20. The summed E-state index contributed by atoms with van der Waals surface area (Å²) in [7, 11) is 0. The number of aromatic nitrogens is 3. The van der Waals surface area contributed by atoms with Crippen LogP contribution in [0.15, 0.2) is 12.4 Å². The fraction of sp³-hybridized carbons (Fsp3) is 0.625. The van der Waals surface area contributed by atoms with Crippen molar-refractivity contribution < 1.29 is 4.74 Å². The van der Waals surface area contributed by atoms with Crippen molar-refractivity contribution in [1.82, 2.24) is 14.6 Å². The molecule has 0 amide bonds. The minimum absolute atomic E-state index is 0.317. The van der Waals surface area contributed by atoms with Gasteiger partial charge in [0.25, 0.3) is 0 Å². The molecule has 0 bridgehead atoms. The van der Waals surface area contributed by atoms with Crippen LogP contribution < -0.4 is 9.64 Å². The van der Waals surface area contributed by atoms with E-state index in [4.69, 9.17) is 9.72 Å². The Morgan fingerprint density at radius 1 is 1.38 bits per heavy atom. The van der Waals surface area contributed by atoms with Crippen LogP contribution in [0.4, 0.5) is 5.82 Å². The highest BCUT2D eigenvalue weighted by molar-refractivity contribution is 5.62. The third kappa shape index (κ3) is 1.83. The van der Waals surface area contributed by atoms with Gasteiger partial charge in [-0.05, 0) is 32.1 Å². The van der Waals surface area contributed by atoms with E-state index in [2.05, 4.69) is 30.8 Å². The molecule has 0 aromatic carbocycles. The third-order valence-corrected chi connectivity index (χ3v) is 4.80. The average Bonchev–Trinajstić information content (AvgIpc) is 3.08. The second-order valence-electron chi connectivity index (χ2n) is 6.39. The Morgan fingerprint density at radius 2 is 2.24 bits per heavy atom. The topological polar surface area (TPSA) is 42.7 Å². The minimum atomic E-state index is 0.317. The number of hydrogen-bond acceptors (Lipinski definition) is 4. The van der Waals surface area contributed by atoms with Crippen molar-refractivity contribution in [3.8, 4) is 5.75 Å². The van der Waals surface area contributed by atoms with Gasteiger partial charge in [-0.15, -0.1) is 0 Å². The zero-order valence-corrected chi connectivity index (χ0v) is 12.9. The standard InChI is InChI=1S/C16H22N4O/c1-4-19-12-6-5-7-13(12)21-14-9-20-15(18-16(14)19)11(8-17-20)10(2)3/h8-10,12-13H,4-7H2,1-3H3/t12-,13+/m0/s1. The van der Waals surface area contributed by atoms with Crippen molar-refractivity contribution in [3.63, 3.8) is 0 Å². The van der Waals surface area contributed by atoms with Crippen molar-refractivity contribution in [2.45, 2.75) is 58.1 Å². The molecule has 2 aromatic rings. The van der Waals surface area contributed by atoms with E-state index in [1.807, 2.05) is 16.9 Å². The monoisotopic (exact) mass is 286 g/mol. The van der Waals surface area contributed by atoms with Gasteiger partial charge in [0, 0.05) is 12.1 Å². The highest BCUT2D eigenvalue weighted by atomic mass is 16.5. The summed E-state index contributed by atoms with van der Waals surface area (Å²) in [6.45, 7) is 7.54. The predicted octanol–water partition coefficient (Wildman–Crippen LogP) is 2.99. The van der Waals surface area contributed by atoms with Crippen LogP contribution in [-0.4, -0.2) is 33.3 Å². The molecule has 2 atom stereocenters. The molecule has 1 fully saturated rings. The molecule has 3 heterocycles. The third-order valence-electron chi connectivity index (χ3n) is 4.80. The first-order valence-corrected chi connectivity index (χ1v) is 8.00. The normalized spacial score (nSPS) is 24.3. The quantitative estimate of drug-likeness (QED) is 0.851. The SMILES string of the molecule is CCN1c2nc3c(C(C)C)cnn3cc2O[C@@H]2CCC[C@@H]21. The summed E-state index contributed by atoms with van der Waals surface area (Å²) >= 11 is 0. The van der Waals surface area contributed by atoms with Crippen molar-refractivity contribution in [3.05, 3.63) is 18.0 Å². The Labute approximate surface area is 124 Å². The van der Waals surface area contributed by atoms with Crippen LogP contribution in [0.1, 0.15) is 51.5 Å². The average molecular weight is 286 g/mol. The van der Waals surface area contributed by atoms with E-state index >= 15 is 0 Å². The van der Waals surface area contributed by atoms with Crippen LogP contribution in [-0.2, 0) is 0 Å². The Morgan fingerprint density at radius 3 is 3.00 bits per heavy atom. The number of hydrogen-bond donors (Lipinski definition) is 0. The fourth-order valence-electron chi connectivity index (χ4n) is 3.70. The summed E-state index contributed by atoms with van der Waals surface area (Å²) in [4.78, 5) is 7.34. The Kier molecular flexibility index (Phi) is 2.84. The summed E-state index contributed by atoms with van der Waals surface area (Å²) in [5, 5.41) is 4.44. The molecule has 5 heteroatoms. The highest BCUT2D eigenvalue weighted by Gasteiger charge is 2.39. The maximum Gasteiger partial charge on any atom is 0.180 e. The lowest BCUT2D eigenvalue weighted by atomic mass is 10.1. The summed E-state index contributed by atoms with van der Waals surface area (Å²) in [6, 6.07) is 0.489.